The number of aromatic amines is 1. The minimum absolute atomic E-state index is 0.243. The Kier molecular flexibility index (Phi) is 3.09. The standard InChI is InChI=1S/C10H12FN5/c1-7-9(11)10(16-6-14-7)13-3-2-8-4-12-5-15-8/h4-6H,2-3H2,1H3,(H,12,15)(H,13,14,16). The zero-order valence-corrected chi connectivity index (χ0v) is 8.87. The van der Waals surface area contributed by atoms with Gasteiger partial charge in [-0.1, -0.05) is 0 Å². The van der Waals surface area contributed by atoms with Crippen LogP contribution in [0.1, 0.15) is 11.4 Å². The van der Waals surface area contributed by atoms with Gasteiger partial charge >= 0.3 is 0 Å². The molecule has 2 aromatic rings. The van der Waals surface area contributed by atoms with E-state index in [-0.39, 0.29) is 5.82 Å². The first-order valence-corrected chi connectivity index (χ1v) is 4.95. The van der Waals surface area contributed by atoms with E-state index in [4.69, 9.17) is 0 Å². The molecule has 0 aliphatic heterocycles. The highest BCUT2D eigenvalue weighted by molar-refractivity contribution is 5.36. The summed E-state index contributed by atoms with van der Waals surface area (Å²) in [5, 5.41) is 2.92. The van der Waals surface area contributed by atoms with Crippen LogP contribution in [0, 0.1) is 12.7 Å². The first-order valence-electron chi connectivity index (χ1n) is 4.95. The lowest BCUT2D eigenvalue weighted by Gasteiger charge is -2.06. The highest BCUT2D eigenvalue weighted by Crippen LogP contribution is 2.11. The average molecular weight is 221 g/mol. The molecule has 0 bridgehead atoms. The van der Waals surface area contributed by atoms with E-state index >= 15 is 0 Å². The second kappa shape index (κ2) is 4.69. The molecule has 0 unspecified atom stereocenters. The molecule has 0 radical (unpaired) electrons. The molecule has 0 spiro atoms. The number of anilines is 1. The van der Waals surface area contributed by atoms with Gasteiger partial charge in [0.15, 0.2) is 11.6 Å². The van der Waals surface area contributed by atoms with E-state index in [2.05, 4.69) is 25.3 Å². The Morgan fingerprint density at radius 1 is 1.44 bits per heavy atom. The van der Waals surface area contributed by atoms with Crippen molar-refractivity contribution in [1.82, 2.24) is 19.9 Å². The van der Waals surface area contributed by atoms with Crippen LogP contribution in [0.2, 0.25) is 0 Å². The van der Waals surface area contributed by atoms with E-state index in [0.717, 1.165) is 12.1 Å². The third kappa shape index (κ3) is 2.33. The van der Waals surface area contributed by atoms with Crippen LogP contribution in [-0.4, -0.2) is 26.5 Å². The Morgan fingerprint density at radius 3 is 3.06 bits per heavy atom. The normalized spacial score (nSPS) is 10.4. The molecule has 0 aliphatic carbocycles. The van der Waals surface area contributed by atoms with Crippen LogP contribution in [0.3, 0.4) is 0 Å². The fourth-order valence-corrected chi connectivity index (χ4v) is 1.32. The lowest BCUT2D eigenvalue weighted by Crippen LogP contribution is -2.09. The van der Waals surface area contributed by atoms with Crippen LogP contribution in [0.4, 0.5) is 10.2 Å². The van der Waals surface area contributed by atoms with Crippen molar-refractivity contribution in [3.05, 3.63) is 36.1 Å². The van der Waals surface area contributed by atoms with Gasteiger partial charge in [-0.3, -0.25) is 0 Å². The quantitative estimate of drug-likeness (QED) is 0.816. The molecule has 2 N–H and O–H groups in total. The van der Waals surface area contributed by atoms with Gasteiger partial charge in [-0.05, 0) is 6.92 Å². The van der Waals surface area contributed by atoms with Gasteiger partial charge < -0.3 is 10.3 Å². The third-order valence-electron chi connectivity index (χ3n) is 2.21. The molecular weight excluding hydrogens is 209 g/mol. The Balaban J connectivity index is 1.92. The zero-order chi connectivity index (χ0) is 11.4. The van der Waals surface area contributed by atoms with E-state index in [0.29, 0.717) is 12.2 Å². The van der Waals surface area contributed by atoms with Crippen molar-refractivity contribution in [2.75, 3.05) is 11.9 Å². The number of imidazole rings is 1. The lowest BCUT2D eigenvalue weighted by atomic mass is 10.3. The summed E-state index contributed by atoms with van der Waals surface area (Å²) in [4.78, 5) is 14.5. The number of rotatable bonds is 4. The van der Waals surface area contributed by atoms with Crippen molar-refractivity contribution < 1.29 is 4.39 Å². The van der Waals surface area contributed by atoms with Crippen LogP contribution >= 0.6 is 0 Å². The molecular formula is C10H12FN5. The molecule has 5 nitrogen and oxygen atoms in total. The molecule has 16 heavy (non-hydrogen) atoms. The topological polar surface area (TPSA) is 66.5 Å². The summed E-state index contributed by atoms with van der Waals surface area (Å²) in [7, 11) is 0. The summed E-state index contributed by atoms with van der Waals surface area (Å²) in [5.74, 6) is -0.154. The number of hydrogen-bond donors (Lipinski definition) is 2. The molecule has 0 atom stereocenters. The number of aromatic nitrogens is 4. The Hall–Kier alpha value is -1.98. The van der Waals surface area contributed by atoms with Crippen molar-refractivity contribution in [2.45, 2.75) is 13.3 Å². The van der Waals surface area contributed by atoms with Crippen molar-refractivity contribution in [2.24, 2.45) is 0 Å². The summed E-state index contributed by atoms with van der Waals surface area (Å²) in [6.07, 6.45) is 5.44. The van der Waals surface area contributed by atoms with Gasteiger partial charge in [0.1, 0.15) is 6.33 Å². The molecule has 84 valence electrons. The zero-order valence-electron chi connectivity index (χ0n) is 8.87. The van der Waals surface area contributed by atoms with Gasteiger partial charge in [0.05, 0.1) is 12.0 Å². The SMILES string of the molecule is Cc1ncnc(NCCc2cnc[nH]2)c1F. The average Bonchev–Trinajstić information content (AvgIpc) is 2.77. The van der Waals surface area contributed by atoms with Crippen molar-refractivity contribution in [3.8, 4) is 0 Å². The number of halogens is 1. The Bertz CT molecular complexity index is 454. The van der Waals surface area contributed by atoms with E-state index < -0.39 is 5.82 Å². The minimum atomic E-state index is -0.396. The maximum absolute atomic E-state index is 13.5. The molecule has 0 fully saturated rings. The second-order valence-electron chi connectivity index (χ2n) is 3.38. The molecule has 2 heterocycles. The lowest BCUT2D eigenvalue weighted by molar-refractivity contribution is 0.604. The molecule has 0 aliphatic rings. The summed E-state index contributed by atoms with van der Waals surface area (Å²) in [6, 6.07) is 0. The monoisotopic (exact) mass is 221 g/mol. The molecule has 0 saturated heterocycles. The smallest absolute Gasteiger partial charge is 0.186 e. The summed E-state index contributed by atoms with van der Waals surface area (Å²) in [5.41, 5.74) is 1.35. The van der Waals surface area contributed by atoms with Crippen LogP contribution in [0.25, 0.3) is 0 Å². The Labute approximate surface area is 92.2 Å². The highest BCUT2D eigenvalue weighted by Gasteiger charge is 2.06. The van der Waals surface area contributed by atoms with Crippen LogP contribution in [0.5, 0.6) is 0 Å². The first kappa shape index (κ1) is 10.5. The molecule has 2 rings (SSSR count). The van der Waals surface area contributed by atoms with Gasteiger partial charge in [0.2, 0.25) is 0 Å². The van der Waals surface area contributed by atoms with Crippen molar-refractivity contribution in [1.29, 1.82) is 0 Å². The second-order valence-corrected chi connectivity index (χ2v) is 3.38. The van der Waals surface area contributed by atoms with Gasteiger partial charge in [0.25, 0.3) is 0 Å². The van der Waals surface area contributed by atoms with E-state index in [9.17, 15) is 4.39 Å². The van der Waals surface area contributed by atoms with Gasteiger partial charge in [-0.2, -0.15) is 0 Å². The van der Waals surface area contributed by atoms with Crippen LogP contribution in [-0.2, 0) is 6.42 Å². The van der Waals surface area contributed by atoms with E-state index in [1.54, 1.807) is 19.4 Å². The fraction of sp³-hybridized carbons (Fsp3) is 0.300. The van der Waals surface area contributed by atoms with Crippen LogP contribution in [0.15, 0.2) is 18.9 Å². The fourth-order valence-electron chi connectivity index (χ4n) is 1.32. The summed E-state index contributed by atoms with van der Waals surface area (Å²) in [6.45, 7) is 2.20. The minimum Gasteiger partial charge on any atom is -0.367 e. The number of nitrogens with one attached hydrogen (secondary N) is 2. The van der Waals surface area contributed by atoms with Gasteiger partial charge in [-0.15, -0.1) is 0 Å². The number of H-pyrrole nitrogens is 1. The number of hydrogen-bond acceptors (Lipinski definition) is 4. The Morgan fingerprint density at radius 2 is 2.31 bits per heavy atom. The predicted octanol–water partition coefficient (Wildman–Crippen LogP) is 1.30. The molecule has 0 aromatic carbocycles. The maximum atomic E-state index is 13.5. The number of nitrogens with zero attached hydrogens (tertiary/aromatic N) is 3. The van der Waals surface area contributed by atoms with E-state index in [1.807, 2.05) is 0 Å². The summed E-state index contributed by atoms with van der Waals surface area (Å²) < 4.78 is 13.5. The molecule has 0 amide bonds. The summed E-state index contributed by atoms with van der Waals surface area (Å²) >= 11 is 0. The van der Waals surface area contributed by atoms with Crippen LogP contribution < -0.4 is 5.32 Å². The predicted molar refractivity (Wildman–Crippen MR) is 57.5 cm³/mol. The number of aryl methyl sites for hydroxylation is 1. The van der Waals surface area contributed by atoms with Gasteiger partial charge in [-0.25, -0.2) is 19.3 Å². The van der Waals surface area contributed by atoms with Crippen molar-refractivity contribution >= 4 is 5.82 Å². The highest BCUT2D eigenvalue weighted by atomic mass is 19.1. The van der Waals surface area contributed by atoms with E-state index in [1.165, 1.54) is 6.33 Å². The first-order chi connectivity index (χ1) is 7.77. The van der Waals surface area contributed by atoms with Gasteiger partial charge in [0, 0.05) is 24.9 Å². The molecule has 0 saturated carbocycles. The largest absolute Gasteiger partial charge is 0.367 e. The molecule has 2 aromatic heterocycles. The third-order valence-corrected chi connectivity index (χ3v) is 2.21. The maximum Gasteiger partial charge on any atom is 0.186 e. The molecule has 6 heteroatoms. The van der Waals surface area contributed by atoms with Crippen molar-refractivity contribution in [3.63, 3.8) is 0 Å².